The van der Waals surface area contributed by atoms with E-state index in [0.29, 0.717) is 26.3 Å². The minimum absolute atomic E-state index is 0.278. The first kappa shape index (κ1) is 21.6. The van der Waals surface area contributed by atoms with Gasteiger partial charge in [-0.05, 0) is 37.6 Å². The lowest BCUT2D eigenvalue weighted by Gasteiger charge is -2.19. The number of carbonyl (C=O) groups excluding carboxylic acids is 2. The zero-order valence-corrected chi connectivity index (χ0v) is 18.4. The Hall–Kier alpha value is -2.06. The zero-order valence-electron chi connectivity index (χ0n) is 15.4. The van der Waals surface area contributed by atoms with Crippen LogP contribution in [0.4, 0.5) is 0 Å². The highest BCUT2D eigenvalue weighted by atomic mass is 35.5. The third-order valence-electron chi connectivity index (χ3n) is 4.08. The van der Waals surface area contributed by atoms with E-state index in [0.717, 1.165) is 0 Å². The molecule has 1 N–H and O–H groups in total. The summed E-state index contributed by atoms with van der Waals surface area (Å²) in [6.07, 6.45) is 3.50. The topological polar surface area (TPSA) is 72.7 Å². The molecule has 1 aromatic carbocycles. The molecule has 0 spiro atoms. The monoisotopic (exact) mass is 471 g/mol. The number of hydrogen-bond acceptors (Lipinski definition) is 5. The SMILES string of the molecule is CC(OC(=O)C=Cc1c(Cl)nc2sccn12)C(=O)NC(C)c1ccc(Cl)cc1Cl. The summed E-state index contributed by atoms with van der Waals surface area (Å²) >= 11 is 19.5. The number of benzene rings is 1. The van der Waals surface area contributed by atoms with E-state index in [1.54, 1.807) is 35.7 Å². The lowest BCUT2D eigenvalue weighted by molar-refractivity contribution is -0.150. The minimum atomic E-state index is -0.997. The second-order valence-electron chi connectivity index (χ2n) is 6.15. The van der Waals surface area contributed by atoms with Crippen LogP contribution in [0.1, 0.15) is 31.1 Å². The van der Waals surface area contributed by atoms with Crippen LogP contribution < -0.4 is 5.32 Å². The number of nitrogens with zero attached hydrogens (tertiary/aromatic N) is 2. The van der Waals surface area contributed by atoms with Crippen LogP contribution in [0.2, 0.25) is 15.2 Å². The van der Waals surface area contributed by atoms with Crippen LogP contribution in [0, 0.1) is 0 Å². The highest BCUT2D eigenvalue weighted by Crippen LogP contribution is 2.26. The van der Waals surface area contributed by atoms with Gasteiger partial charge in [0.15, 0.2) is 16.2 Å². The van der Waals surface area contributed by atoms with Crippen LogP contribution >= 0.6 is 46.1 Å². The van der Waals surface area contributed by atoms with Crippen molar-refractivity contribution in [3.8, 4) is 0 Å². The fraction of sp³-hybridized carbons (Fsp3) is 0.211. The Labute approximate surface area is 186 Å². The van der Waals surface area contributed by atoms with Crippen LogP contribution in [0.25, 0.3) is 11.0 Å². The van der Waals surface area contributed by atoms with Gasteiger partial charge in [0.2, 0.25) is 0 Å². The van der Waals surface area contributed by atoms with Gasteiger partial charge in [-0.1, -0.05) is 40.9 Å². The molecule has 0 aliphatic heterocycles. The Bertz CT molecular complexity index is 1090. The van der Waals surface area contributed by atoms with Gasteiger partial charge in [0, 0.05) is 27.7 Å². The summed E-state index contributed by atoms with van der Waals surface area (Å²) in [5.41, 5.74) is 1.26. The smallest absolute Gasteiger partial charge is 0.331 e. The molecule has 0 fully saturated rings. The molecule has 2 unspecified atom stereocenters. The van der Waals surface area contributed by atoms with Crippen molar-refractivity contribution in [2.75, 3.05) is 0 Å². The first-order valence-corrected chi connectivity index (χ1v) is 10.5. The van der Waals surface area contributed by atoms with Gasteiger partial charge in [-0.25, -0.2) is 9.78 Å². The van der Waals surface area contributed by atoms with E-state index < -0.39 is 18.0 Å². The molecule has 0 aliphatic rings. The van der Waals surface area contributed by atoms with E-state index in [9.17, 15) is 9.59 Å². The average molecular weight is 473 g/mol. The van der Waals surface area contributed by atoms with Gasteiger partial charge >= 0.3 is 5.97 Å². The van der Waals surface area contributed by atoms with E-state index in [1.165, 1.54) is 30.4 Å². The molecule has 2 atom stereocenters. The predicted molar refractivity (Wildman–Crippen MR) is 116 cm³/mol. The Kier molecular flexibility index (Phi) is 6.85. The normalized spacial score (nSPS) is 13.6. The van der Waals surface area contributed by atoms with Gasteiger partial charge in [-0.15, -0.1) is 11.3 Å². The maximum atomic E-state index is 12.4. The van der Waals surface area contributed by atoms with E-state index in [1.807, 2.05) is 5.38 Å². The molecule has 152 valence electrons. The Morgan fingerprint density at radius 1 is 1.28 bits per heavy atom. The molecule has 3 rings (SSSR count). The summed E-state index contributed by atoms with van der Waals surface area (Å²) < 4.78 is 6.92. The number of ether oxygens (including phenoxy) is 1. The third-order valence-corrected chi connectivity index (χ3v) is 5.68. The fourth-order valence-corrected chi connectivity index (χ4v) is 4.18. The summed E-state index contributed by atoms with van der Waals surface area (Å²) in [5.74, 6) is -1.13. The van der Waals surface area contributed by atoms with E-state index in [-0.39, 0.29) is 11.2 Å². The Balaban J connectivity index is 1.59. The van der Waals surface area contributed by atoms with Crippen LogP contribution in [-0.4, -0.2) is 27.4 Å². The summed E-state index contributed by atoms with van der Waals surface area (Å²) in [6.45, 7) is 3.26. The number of hydrogen-bond donors (Lipinski definition) is 1. The lowest BCUT2D eigenvalue weighted by atomic mass is 10.1. The fourth-order valence-electron chi connectivity index (χ4n) is 2.60. The van der Waals surface area contributed by atoms with Crippen molar-refractivity contribution in [1.82, 2.24) is 14.7 Å². The van der Waals surface area contributed by atoms with Crippen LogP contribution in [-0.2, 0) is 14.3 Å². The number of amides is 1. The number of aromatic nitrogens is 2. The van der Waals surface area contributed by atoms with Gasteiger partial charge in [0.1, 0.15) is 0 Å². The molecule has 6 nitrogen and oxygen atoms in total. The molecule has 3 aromatic rings. The number of nitrogens with one attached hydrogen (secondary N) is 1. The molecule has 0 radical (unpaired) electrons. The summed E-state index contributed by atoms with van der Waals surface area (Å²) in [6, 6.07) is 4.63. The molecule has 0 bridgehead atoms. The van der Waals surface area contributed by atoms with Crippen LogP contribution in [0.5, 0.6) is 0 Å². The van der Waals surface area contributed by atoms with Crippen molar-refractivity contribution in [3.63, 3.8) is 0 Å². The molecular weight excluding hydrogens is 457 g/mol. The molecule has 0 saturated heterocycles. The predicted octanol–water partition coefficient (Wildman–Crippen LogP) is 5.18. The van der Waals surface area contributed by atoms with Gasteiger partial charge in [-0.2, -0.15) is 0 Å². The highest BCUT2D eigenvalue weighted by Gasteiger charge is 2.20. The highest BCUT2D eigenvalue weighted by molar-refractivity contribution is 7.15. The van der Waals surface area contributed by atoms with E-state index >= 15 is 0 Å². The van der Waals surface area contributed by atoms with Crippen molar-refractivity contribution in [1.29, 1.82) is 0 Å². The standard InChI is InChI=1S/C19H16Cl3N3O3S/c1-10(13-4-3-12(20)9-14(13)21)23-18(27)11(2)28-16(26)6-5-15-17(22)24-19-25(15)7-8-29-19/h3-11H,1-2H3,(H,23,27). The van der Waals surface area contributed by atoms with Gasteiger partial charge < -0.3 is 10.1 Å². The molecule has 2 aromatic heterocycles. The maximum absolute atomic E-state index is 12.4. The zero-order chi connectivity index (χ0) is 21.1. The Morgan fingerprint density at radius 3 is 2.76 bits per heavy atom. The van der Waals surface area contributed by atoms with Crippen molar-refractivity contribution in [2.45, 2.75) is 26.0 Å². The van der Waals surface area contributed by atoms with Gasteiger partial charge in [-0.3, -0.25) is 9.20 Å². The minimum Gasteiger partial charge on any atom is -0.449 e. The number of thiazole rings is 1. The van der Waals surface area contributed by atoms with Crippen LogP contribution in [0.15, 0.2) is 35.9 Å². The van der Waals surface area contributed by atoms with Gasteiger partial charge in [0.05, 0.1) is 11.7 Å². The number of imidazole rings is 1. The van der Waals surface area contributed by atoms with Crippen molar-refractivity contribution >= 4 is 69.1 Å². The summed E-state index contributed by atoms with van der Waals surface area (Å²) in [5, 5.41) is 5.84. The van der Waals surface area contributed by atoms with Crippen molar-refractivity contribution in [2.24, 2.45) is 0 Å². The number of rotatable bonds is 6. The molecule has 10 heteroatoms. The largest absolute Gasteiger partial charge is 0.449 e. The number of esters is 1. The number of halogens is 3. The second-order valence-corrected chi connectivity index (χ2v) is 8.23. The molecule has 29 heavy (non-hydrogen) atoms. The molecular formula is C19H16Cl3N3O3S. The summed E-state index contributed by atoms with van der Waals surface area (Å²) in [7, 11) is 0. The van der Waals surface area contributed by atoms with E-state index in [4.69, 9.17) is 39.5 Å². The molecule has 1 amide bonds. The molecule has 0 aliphatic carbocycles. The van der Waals surface area contributed by atoms with Crippen molar-refractivity contribution < 1.29 is 14.3 Å². The quantitative estimate of drug-likeness (QED) is 0.396. The number of fused-ring (bicyclic) bond motifs is 1. The first-order chi connectivity index (χ1) is 13.8. The average Bonchev–Trinajstić information content (AvgIpc) is 3.20. The Morgan fingerprint density at radius 2 is 2.03 bits per heavy atom. The first-order valence-electron chi connectivity index (χ1n) is 8.51. The molecule has 0 saturated carbocycles. The maximum Gasteiger partial charge on any atom is 0.331 e. The van der Waals surface area contributed by atoms with Crippen LogP contribution in [0.3, 0.4) is 0 Å². The third kappa shape index (κ3) is 5.11. The van der Waals surface area contributed by atoms with E-state index in [2.05, 4.69) is 10.3 Å². The van der Waals surface area contributed by atoms with Crippen molar-refractivity contribution in [3.05, 3.63) is 62.3 Å². The molecule has 2 heterocycles. The van der Waals surface area contributed by atoms with Gasteiger partial charge in [0.25, 0.3) is 5.91 Å². The second kappa shape index (κ2) is 9.17. The lowest BCUT2D eigenvalue weighted by Crippen LogP contribution is -2.37. The number of carbonyl (C=O) groups is 2. The summed E-state index contributed by atoms with van der Waals surface area (Å²) in [4.78, 5) is 29.3.